The van der Waals surface area contributed by atoms with E-state index in [1.165, 1.54) is 0 Å². The fourth-order valence-corrected chi connectivity index (χ4v) is 4.16. The maximum absolute atomic E-state index is 12.3. The van der Waals surface area contributed by atoms with Crippen molar-refractivity contribution in [3.8, 4) is 0 Å². The van der Waals surface area contributed by atoms with Gasteiger partial charge in [0.05, 0.1) is 17.9 Å². The van der Waals surface area contributed by atoms with Crippen molar-refractivity contribution in [2.45, 2.75) is 38.2 Å². The number of carboxylic acid groups (broad SMARTS) is 1. The number of hydrogen-bond donors (Lipinski definition) is 2. The monoisotopic (exact) mass is 267 g/mol. The van der Waals surface area contributed by atoms with Crippen LogP contribution >= 0.6 is 0 Å². The molecule has 3 aliphatic rings. The van der Waals surface area contributed by atoms with Crippen LogP contribution in [-0.2, 0) is 14.3 Å². The van der Waals surface area contributed by atoms with Crippen molar-refractivity contribution in [2.24, 2.45) is 23.7 Å². The summed E-state index contributed by atoms with van der Waals surface area (Å²) in [7, 11) is 0. The lowest BCUT2D eigenvalue weighted by Crippen LogP contribution is -2.43. The smallest absolute Gasteiger partial charge is 0.307 e. The standard InChI is InChI=1S/C14H21NO4/c16-13(15-7-10-2-1-5-19-10)11-8-3-4-9(6-8)12(11)14(17)18/h8-12H,1-7H2,(H,15,16)(H,17,18)/t8-,9+,10+,11+,12+/m1/s1. The molecule has 0 aromatic rings. The van der Waals surface area contributed by atoms with Gasteiger partial charge in [-0.3, -0.25) is 9.59 Å². The van der Waals surface area contributed by atoms with Crippen LogP contribution in [0.4, 0.5) is 0 Å². The molecule has 1 aliphatic heterocycles. The van der Waals surface area contributed by atoms with E-state index in [1.807, 2.05) is 0 Å². The molecule has 0 aromatic carbocycles. The Morgan fingerprint density at radius 3 is 2.53 bits per heavy atom. The minimum absolute atomic E-state index is 0.0740. The first-order chi connectivity index (χ1) is 9.16. The van der Waals surface area contributed by atoms with Gasteiger partial charge in [-0.2, -0.15) is 0 Å². The molecule has 3 fully saturated rings. The molecule has 1 heterocycles. The summed E-state index contributed by atoms with van der Waals surface area (Å²) in [6.07, 6.45) is 5.04. The van der Waals surface area contributed by atoms with Crippen molar-refractivity contribution in [2.75, 3.05) is 13.2 Å². The van der Waals surface area contributed by atoms with E-state index < -0.39 is 11.9 Å². The number of carbonyl (C=O) groups is 2. The van der Waals surface area contributed by atoms with Gasteiger partial charge in [0.25, 0.3) is 0 Å². The summed E-state index contributed by atoms with van der Waals surface area (Å²) in [6, 6.07) is 0. The lowest BCUT2D eigenvalue weighted by Gasteiger charge is -2.27. The fourth-order valence-electron chi connectivity index (χ4n) is 4.16. The lowest BCUT2D eigenvalue weighted by molar-refractivity contribution is -0.149. The van der Waals surface area contributed by atoms with Gasteiger partial charge in [-0.1, -0.05) is 0 Å². The van der Waals surface area contributed by atoms with Gasteiger partial charge >= 0.3 is 5.97 Å². The maximum Gasteiger partial charge on any atom is 0.307 e. The van der Waals surface area contributed by atoms with Crippen LogP contribution in [0.25, 0.3) is 0 Å². The van der Waals surface area contributed by atoms with E-state index in [0.717, 1.165) is 38.7 Å². The highest BCUT2D eigenvalue weighted by atomic mass is 16.5. The van der Waals surface area contributed by atoms with Crippen molar-refractivity contribution in [1.29, 1.82) is 0 Å². The molecule has 106 valence electrons. The van der Waals surface area contributed by atoms with Crippen LogP contribution in [-0.4, -0.2) is 36.2 Å². The van der Waals surface area contributed by atoms with Gasteiger partial charge in [0.15, 0.2) is 0 Å². The predicted octanol–water partition coefficient (Wildman–Crippen LogP) is 1.03. The van der Waals surface area contributed by atoms with E-state index in [2.05, 4.69) is 5.32 Å². The van der Waals surface area contributed by atoms with Crippen LogP contribution < -0.4 is 5.32 Å². The molecule has 0 unspecified atom stereocenters. The molecule has 0 radical (unpaired) electrons. The Bertz CT molecular complexity index is 378. The van der Waals surface area contributed by atoms with Crippen LogP contribution in [0.3, 0.4) is 0 Å². The third kappa shape index (κ3) is 2.36. The summed E-state index contributed by atoms with van der Waals surface area (Å²) in [4.78, 5) is 23.6. The molecule has 1 amide bonds. The third-order valence-corrected chi connectivity index (χ3v) is 5.03. The summed E-state index contributed by atoms with van der Waals surface area (Å²) in [5, 5.41) is 12.2. The van der Waals surface area contributed by atoms with Gasteiger partial charge in [0.2, 0.25) is 5.91 Å². The molecule has 2 N–H and O–H groups in total. The number of aliphatic carboxylic acids is 1. The van der Waals surface area contributed by atoms with Crippen molar-refractivity contribution >= 4 is 11.9 Å². The zero-order valence-corrected chi connectivity index (χ0v) is 11.0. The van der Waals surface area contributed by atoms with Crippen molar-refractivity contribution in [3.05, 3.63) is 0 Å². The summed E-state index contributed by atoms with van der Waals surface area (Å²) in [6.45, 7) is 1.30. The highest BCUT2D eigenvalue weighted by molar-refractivity contribution is 5.86. The first-order valence-corrected chi connectivity index (χ1v) is 7.29. The SMILES string of the molecule is O=C(O)[C@H]1[C@H]2CC[C@H](C2)[C@@H]1C(=O)NC[C@@H]1CCCO1. The van der Waals surface area contributed by atoms with Crippen LogP contribution in [0, 0.1) is 23.7 Å². The van der Waals surface area contributed by atoms with Crippen LogP contribution in [0.5, 0.6) is 0 Å². The molecule has 5 atom stereocenters. The summed E-state index contributed by atoms with van der Waals surface area (Å²) < 4.78 is 5.47. The molecule has 2 bridgehead atoms. The molecular weight excluding hydrogens is 246 g/mol. The number of amides is 1. The number of ether oxygens (including phenoxy) is 1. The van der Waals surface area contributed by atoms with E-state index in [9.17, 15) is 14.7 Å². The second kappa shape index (κ2) is 5.12. The Labute approximate surface area is 112 Å². The first kappa shape index (κ1) is 12.9. The Hall–Kier alpha value is -1.10. The number of carbonyl (C=O) groups excluding carboxylic acids is 1. The zero-order chi connectivity index (χ0) is 13.4. The average molecular weight is 267 g/mol. The van der Waals surface area contributed by atoms with Gasteiger partial charge in [-0.25, -0.2) is 0 Å². The van der Waals surface area contributed by atoms with Crippen molar-refractivity contribution in [3.63, 3.8) is 0 Å². The van der Waals surface area contributed by atoms with Gasteiger partial charge in [-0.05, 0) is 43.9 Å². The number of fused-ring (bicyclic) bond motifs is 2. The minimum atomic E-state index is -0.801. The van der Waals surface area contributed by atoms with Crippen LogP contribution in [0.15, 0.2) is 0 Å². The molecule has 2 aliphatic carbocycles. The lowest BCUT2D eigenvalue weighted by atomic mass is 9.78. The number of hydrogen-bond acceptors (Lipinski definition) is 3. The Morgan fingerprint density at radius 1 is 1.16 bits per heavy atom. The number of carboxylic acids is 1. The molecule has 5 heteroatoms. The van der Waals surface area contributed by atoms with Gasteiger partial charge in [0.1, 0.15) is 0 Å². The second-order valence-electron chi connectivity index (χ2n) is 6.10. The molecule has 2 saturated carbocycles. The minimum Gasteiger partial charge on any atom is -0.481 e. The van der Waals surface area contributed by atoms with E-state index in [0.29, 0.717) is 6.54 Å². The fraction of sp³-hybridized carbons (Fsp3) is 0.857. The summed E-state index contributed by atoms with van der Waals surface area (Å²) in [5.74, 6) is -1.18. The molecular formula is C14H21NO4. The van der Waals surface area contributed by atoms with Crippen LogP contribution in [0.1, 0.15) is 32.1 Å². The van der Waals surface area contributed by atoms with Crippen LogP contribution in [0.2, 0.25) is 0 Å². The van der Waals surface area contributed by atoms with Gasteiger partial charge in [-0.15, -0.1) is 0 Å². The molecule has 3 rings (SSSR count). The highest BCUT2D eigenvalue weighted by Crippen LogP contribution is 2.52. The first-order valence-electron chi connectivity index (χ1n) is 7.29. The summed E-state index contributed by atoms with van der Waals surface area (Å²) >= 11 is 0. The summed E-state index contributed by atoms with van der Waals surface area (Å²) in [5.41, 5.74) is 0. The van der Waals surface area contributed by atoms with E-state index in [4.69, 9.17) is 4.74 Å². The van der Waals surface area contributed by atoms with E-state index in [1.54, 1.807) is 0 Å². The zero-order valence-electron chi connectivity index (χ0n) is 11.0. The quantitative estimate of drug-likeness (QED) is 0.797. The second-order valence-corrected chi connectivity index (χ2v) is 6.10. The third-order valence-electron chi connectivity index (χ3n) is 5.03. The Kier molecular flexibility index (Phi) is 3.48. The van der Waals surface area contributed by atoms with Gasteiger partial charge < -0.3 is 15.2 Å². The predicted molar refractivity (Wildman–Crippen MR) is 67.4 cm³/mol. The largest absolute Gasteiger partial charge is 0.481 e. The van der Waals surface area contributed by atoms with E-state index >= 15 is 0 Å². The van der Waals surface area contributed by atoms with Crippen molar-refractivity contribution in [1.82, 2.24) is 5.32 Å². The van der Waals surface area contributed by atoms with E-state index in [-0.39, 0.29) is 29.8 Å². The number of rotatable bonds is 4. The number of nitrogens with one attached hydrogen (secondary N) is 1. The molecule has 19 heavy (non-hydrogen) atoms. The normalized spacial score (nSPS) is 40.5. The molecule has 0 spiro atoms. The molecule has 5 nitrogen and oxygen atoms in total. The maximum atomic E-state index is 12.3. The molecule has 0 aromatic heterocycles. The Balaban J connectivity index is 1.60. The highest BCUT2D eigenvalue weighted by Gasteiger charge is 2.53. The molecule has 1 saturated heterocycles. The van der Waals surface area contributed by atoms with Crippen molar-refractivity contribution < 1.29 is 19.4 Å². The Morgan fingerprint density at radius 2 is 1.89 bits per heavy atom. The van der Waals surface area contributed by atoms with Gasteiger partial charge in [0, 0.05) is 13.2 Å². The average Bonchev–Trinajstić information content (AvgIpc) is 3.10. The topological polar surface area (TPSA) is 75.6 Å².